The average molecular weight is 583 g/mol. The van der Waals surface area contributed by atoms with E-state index in [9.17, 15) is 0 Å². The average Bonchev–Trinajstić information content (AvgIpc) is 3.70. The molecule has 0 aliphatic carbocycles. The fourth-order valence-electron chi connectivity index (χ4n) is 5.76. The Bertz CT molecular complexity index is 2440. The zero-order chi connectivity index (χ0) is 29.0. The van der Waals surface area contributed by atoms with E-state index in [1.54, 1.807) is 11.3 Å². The zero-order valence-electron chi connectivity index (χ0n) is 23.3. The maximum atomic E-state index is 6.16. The van der Waals surface area contributed by atoms with Crippen LogP contribution >= 0.6 is 11.3 Å². The fourth-order valence-corrected chi connectivity index (χ4v) is 6.85. The third kappa shape index (κ3) is 4.15. The molecule has 6 aromatic carbocycles. The van der Waals surface area contributed by atoms with Gasteiger partial charge in [0.25, 0.3) is 0 Å². The molecule has 3 heterocycles. The molecule has 0 amide bonds. The van der Waals surface area contributed by atoms with Crippen LogP contribution in [0.2, 0.25) is 0 Å². The highest BCUT2D eigenvalue weighted by atomic mass is 32.1. The van der Waals surface area contributed by atoms with E-state index in [1.807, 2.05) is 78.9 Å². The van der Waals surface area contributed by atoms with Crippen molar-refractivity contribution in [1.29, 1.82) is 0 Å². The molecule has 9 aromatic rings. The maximum Gasteiger partial charge on any atom is 0.164 e. The minimum atomic E-state index is 0.636. The molecule has 0 N–H and O–H groups in total. The van der Waals surface area contributed by atoms with Gasteiger partial charge in [0, 0.05) is 38.4 Å². The fraction of sp³-hybridized carbons (Fsp3) is 0. The molecule has 0 atom stereocenters. The second kappa shape index (κ2) is 9.93. The highest BCUT2D eigenvalue weighted by Gasteiger charge is 2.16. The predicted molar refractivity (Wildman–Crippen MR) is 180 cm³/mol. The van der Waals surface area contributed by atoms with Crippen molar-refractivity contribution in [2.24, 2.45) is 0 Å². The van der Waals surface area contributed by atoms with E-state index in [-0.39, 0.29) is 0 Å². The van der Waals surface area contributed by atoms with Crippen LogP contribution in [0.25, 0.3) is 87.7 Å². The molecule has 3 aromatic heterocycles. The van der Waals surface area contributed by atoms with Gasteiger partial charge in [-0.2, -0.15) is 0 Å². The topological polar surface area (TPSA) is 64.7 Å². The summed E-state index contributed by atoms with van der Waals surface area (Å²) in [5.74, 6) is 1.93. The lowest BCUT2D eigenvalue weighted by Gasteiger charge is -2.09. The molecule has 6 heteroatoms. The van der Waals surface area contributed by atoms with Gasteiger partial charge in [0.05, 0.1) is 10.2 Å². The molecule has 206 valence electrons. The summed E-state index contributed by atoms with van der Waals surface area (Å²) in [6.07, 6.45) is 0. The summed E-state index contributed by atoms with van der Waals surface area (Å²) in [6.45, 7) is 0. The quantitative estimate of drug-likeness (QED) is 0.207. The highest BCUT2D eigenvalue weighted by molar-refractivity contribution is 7.22. The number of thiazole rings is 1. The molecule has 0 bridgehead atoms. The first-order chi connectivity index (χ1) is 21.8. The number of furan rings is 1. The lowest BCUT2D eigenvalue weighted by Crippen LogP contribution is -2.00. The molecule has 0 aliphatic rings. The van der Waals surface area contributed by atoms with Gasteiger partial charge in [-0.3, -0.25) is 0 Å². The first-order valence-corrected chi connectivity index (χ1v) is 15.2. The summed E-state index contributed by atoms with van der Waals surface area (Å²) in [5.41, 5.74) is 6.60. The van der Waals surface area contributed by atoms with Gasteiger partial charge < -0.3 is 4.42 Å². The SMILES string of the molecule is c1ccc(-c2nc(-c3ccccc3)nc(-c3ccc4ccc5nc(-c6ccc7c(c6)oc6ccccc67)sc5c4c3)n2)cc1. The summed E-state index contributed by atoms with van der Waals surface area (Å²) < 4.78 is 7.29. The number of benzene rings is 6. The van der Waals surface area contributed by atoms with Crippen LogP contribution < -0.4 is 0 Å². The Kier molecular flexibility index (Phi) is 5.61. The Morgan fingerprint density at radius 2 is 1.05 bits per heavy atom. The molecule has 0 fully saturated rings. The van der Waals surface area contributed by atoms with Crippen LogP contribution in [0.4, 0.5) is 0 Å². The molecular formula is C38H22N4OS. The largest absolute Gasteiger partial charge is 0.456 e. The van der Waals surface area contributed by atoms with Crippen LogP contribution in [0.5, 0.6) is 0 Å². The lowest BCUT2D eigenvalue weighted by molar-refractivity contribution is 0.669. The monoisotopic (exact) mass is 582 g/mol. The van der Waals surface area contributed by atoms with Gasteiger partial charge >= 0.3 is 0 Å². The van der Waals surface area contributed by atoms with E-state index in [0.717, 1.165) is 70.2 Å². The molecule has 0 saturated heterocycles. The number of nitrogens with zero attached hydrogens (tertiary/aromatic N) is 4. The molecule has 0 spiro atoms. The van der Waals surface area contributed by atoms with Crippen LogP contribution in [0, 0.1) is 0 Å². The lowest BCUT2D eigenvalue weighted by atomic mass is 10.1. The van der Waals surface area contributed by atoms with Crippen molar-refractivity contribution in [2.45, 2.75) is 0 Å². The second-order valence-corrected chi connectivity index (χ2v) is 11.7. The predicted octanol–water partition coefficient (Wildman–Crippen LogP) is 10.2. The molecule has 5 nitrogen and oxygen atoms in total. The molecule has 0 unspecified atom stereocenters. The number of hydrogen-bond acceptors (Lipinski definition) is 6. The van der Waals surface area contributed by atoms with E-state index in [1.165, 1.54) is 0 Å². The first kappa shape index (κ1) is 24.8. The minimum Gasteiger partial charge on any atom is -0.456 e. The zero-order valence-corrected chi connectivity index (χ0v) is 24.1. The van der Waals surface area contributed by atoms with Crippen molar-refractivity contribution < 1.29 is 4.42 Å². The maximum absolute atomic E-state index is 6.16. The van der Waals surface area contributed by atoms with Gasteiger partial charge in [-0.05, 0) is 35.7 Å². The van der Waals surface area contributed by atoms with Crippen LogP contribution in [0.3, 0.4) is 0 Å². The van der Waals surface area contributed by atoms with E-state index >= 15 is 0 Å². The molecule has 0 radical (unpaired) electrons. The van der Waals surface area contributed by atoms with Gasteiger partial charge in [-0.25, -0.2) is 19.9 Å². The third-order valence-corrected chi connectivity index (χ3v) is 9.11. The number of rotatable bonds is 4. The molecule has 0 aliphatic heterocycles. The Morgan fingerprint density at radius 1 is 0.432 bits per heavy atom. The van der Waals surface area contributed by atoms with Gasteiger partial charge in [-0.1, -0.05) is 103 Å². The van der Waals surface area contributed by atoms with Crippen LogP contribution in [0.15, 0.2) is 138 Å². The summed E-state index contributed by atoms with van der Waals surface area (Å²) in [7, 11) is 0. The van der Waals surface area contributed by atoms with Gasteiger partial charge in [-0.15, -0.1) is 11.3 Å². The van der Waals surface area contributed by atoms with Crippen molar-refractivity contribution in [3.05, 3.63) is 133 Å². The Hall–Kier alpha value is -5.72. The standard InChI is InChI=1S/C38H22N4OS/c1-3-9-24(10-4-1)35-40-36(25-11-5-2-6-12-25)42-37(41-35)26-16-15-23-18-20-31-34(30(23)21-26)44-38(39-31)27-17-19-29-28-13-7-8-14-32(28)43-33(29)22-27/h1-22H. The Labute approximate surface area is 256 Å². The van der Waals surface area contributed by atoms with Crippen molar-refractivity contribution in [3.63, 3.8) is 0 Å². The number of aromatic nitrogens is 4. The van der Waals surface area contributed by atoms with E-state index in [2.05, 4.69) is 54.6 Å². The second-order valence-electron chi connectivity index (χ2n) is 10.7. The van der Waals surface area contributed by atoms with E-state index < -0.39 is 0 Å². The molecular weight excluding hydrogens is 561 g/mol. The van der Waals surface area contributed by atoms with Crippen LogP contribution in [-0.4, -0.2) is 19.9 Å². The number of hydrogen-bond donors (Lipinski definition) is 0. The summed E-state index contributed by atoms with van der Waals surface area (Å²) >= 11 is 1.69. The summed E-state index contributed by atoms with van der Waals surface area (Å²) in [4.78, 5) is 19.8. The highest BCUT2D eigenvalue weighted by Crippen LogP contribution is 2.39. The van der Waals surface area contributed by atoms with Crippen LogP contribution in [0.1, 0.15) is 0 Å². The Morgan fingerprint density at radius 3 is 1.80 bits per heavy atom. The van der Waals surface area contributed by atoms with Gasteiger partial charge in [0.1, 0.15) is 16.2 Å². The number of fused-ring (bicyclic) bond motifs is 6. The summed E-state index contributed by atoms with van der Waals surface area (Å²) in [6, 6.07) is 45.3. The molecule has 0 saturated carbocycles. The van der Waals surface area contributed by atoms with Gasteiger partial charge in [0.15, 0.2) is 17.5 Å². The number of para-hydroxylation sites is 1. The van der Waals surface area contributed by atoms with E-state index in [4.69, 9.17) is 24.4 Å². The molecule has 44 heavy (non-hydrogen) atoms. The minimum absolute atomic E-state index is 0.636. The van der Waals surface area contributed by atoms with Crippen molar-refractivity contribution >= 4 is 54.3 Å². The van der Waals surface area contributed by atoms with Crippen molar-refractivity contribution in [2.75, 3.05) is 0 Å². The Balaban J connectivity index is 1.19. The van der Waals surface area contributed by atoms with E-state index in [0.29, 0.717) is 17.5 Å². The first-order valence-electron chi connectivity index (χ1n) is 14.4. The molecule has 9 rings (SSSR count). The smallest absolute Gasteiger partial charge is 0.164 e. The van der Waals surface area contributed by atoms with Gasteiger partial charge in [0.2, 0.25) is 0 Å². The van der Waals surface area contributed by atoms with Crippen molar-refractivity contribution in [3.8, 4) is 44.7 Å². The normalized spacial score (nSPS) is 11.6. The van der Waals surface area contributed by atoms with Crippen LogP contribution in [-0.2, 0) is 0 Å². The summed E-state index contributed by atoms with van der Waals surface area (Å²) in [5, 5.41) is 5.46. The van der Waals surface area contributed by atoms with Crippen molar-refractivity contribution in [1.82, 2.24) is 19.9 Å². The third-order valence-electron chi connectivity index (χ3n) is 7.96.